The first-order valence-electron chi connectivity index (χ1n) is 7.89. The molecule has 0 fully saturated rings. The van der Waals surface area contributed by atoms with Crippen molar-refractivity contribution < 1.29 is 9.90 Å². The van der Waals surface area contributed by atoms with Gasteiger partial charge in [-0.2, -0.15) is 0 Å². The molecule has 0 spiro atoms. The van der Waals surface area contributed by atoms with Crippen LogP contribution in [0, 0.1) is 6.92 Å². The second kappa shape index (κ2) is 8.70. The molecule has 0 aliphatic carbocycles. The molecule has 0 aliphatic heterocycles. The summed E-state index contributed by atoms with van der Waals surface area (Å²) in [6, 6.07) is 12.0. The summed E-state index contributed by atoms with van der Waals surface area (Å²) in [5.74, 6) is -0.0549. The summed E-state index contributed by atoms with van der Waals surface area (Å²) in [5.41, 5.74) is 2.01. The zero-order chi connectivity index (χ0) is 16.7. The molecular formula is C18H24N2O2S. The number of carbonyl (C=O) groups excluding carboxylic acids is 1. The fraction of sp³-hybridized carbons (Fsp3) is 0.389. The molecule has 0 unspecified atom stereocenters. The summed E-state index contributed by atoms with van der Waals surface area (Å²) in [6.07, 6.45) is 1.06. The van der Waals surface area contributed by atoms with Gasteiger partial charge >= 0.3 is 0 Å². The van der Waals surface area contributed by atoms with E-state index >= 15 is 0 Å². The summed E-state index contributed by atoms with van der Waals surface area (Å²) < 4.78 is 0. The highest BCUT2D eigenvalue weighted by Gasteiger charge is 2.09. The van der Waals surface area contributed by atoms with Crippen molar-refractivity contribution in [2.24, 2.45) is 0 Å². The van der Waals surface area contributed by atoms with Crippen LogP contribution in [0.3, 0.4) is 0 Å². The van der Waals surface area contributed by atoms with Crippen molar-refractivity contribution in [3.8, 4) is 0 Å². The Balaban J connectivity index is 1.83. The lowest BCUT2D eigenvalue weighted by Gasteiger charge is -2.14. The van der Waals surface area contributed by atoms with Gasteiger partial charge in [-0.25, -0.2) is 0 Å². The second-order valence-corrected chi connectivity index (χ2v) is 6.97. The minimum Gasteiger partial charge on any atom is -0.394 e. The van der Waals surface area contributed by atoms with Crippen molar-refractivity contribution in [1.29, 1.82) is 0 Å². The van der Waals surface area contributed by atoms with E-state index in [4.69, 9.17) is 5.11 Å². The molecule has 1 amide bonds. The summed E-state index contributed by atoms with van der Waals surface area (Å²) in [7, 11) is 0. The zero-order valence-electron chi connectivity index (χ0n) is 13.6. The summed E-state index contributed by atoms with van der Waals surface area (Å²) >= 11 is 1.79. The maximum atomic E-state index is 11.9. The number of aliphatic hydroxyl groups excluding tert-OH is 1. The van der Waals surface area contributed by atoms with Crippen molar-refractivity contribution in [2.45, 2.75) is 39.3 Å². The normalized spacial score (nSPS) is 12.0. The highest BCUT2D eigenvalue weighted by molar-refractivity contribution is 7.11. The van der Waals surface area contributed by atoms with Gasteiger partial charge in [-0.15, -0.1) is 11.3 Å². The molecular weight excluding hydrogens is 308 g/mol. The van der Waals surface area contributed by atoms with Gasteiger partial charge in [0.25, 0.3) is 0 Å². The van der Waals surface area contributed by atoms with Crippen LogP contribution in [-0.2, 0) is 17.8 Å². The molecule has 2 aromatic rings. The van der Waals surface area contributed by atoms with Crippen LogP contribution in [-0.4, -0.2) is 23.7 Å². The van der Waals surface area contributed by atoms with Crippen molar-refractivity contribution in [3.63, 3.8) is 0 Å². The summed E-state index contributed by atoms with van der Waals surface area (Å²) in [4.78, 5) is 14.5. The Labute approximate surface area is 141 Å². The van der Waals surface area contributed by atoms with E-state index in [1.54, 1.807) is 11.3 Å². The number of thiophene rings is 1. The lowest BCUT2D eigenvalue weighted by Crippen LogP contribution is -2.37. The fourth-order valence-electron chi connectivity index (χ4n) is 2.25. The third-order valence-corrected chi connectivity index (χ3v) is 4.66. The van der Waals surface area contributed by atoms with Gasteiger partial charge in [0, 0.05) is 22.0 Å². The quantitative estimate of drug-likeness (QED) is 0.696. The van der Waals surface area contributed by atoms with E-state index in [1.807, 2.05) is 31.2 Å². The maximum Gasteiger partial charge on any atom is 0.224 e. The van der Waals surface area contributed by atoms with Crippen LogP contribution in [0.5, 0.6) is 0 Å². The minimum absolute atomic E-state index is 0.0205. The Hall–Kier alpha value is -1.85. The summed E-state index contributed by atoms with van der Waals surface area (Å²) in [6.45, 7) is 4.84. The molecule has 2 rings (SSSR count). The van der Waals surface area contributed by atoms with Crippen molar-refractivity contribution in [2.75, 3.05) is 11.9 Å². The van der Waals surface area contributed by atoms with Crippen LogP contribution >= 0.6 is 11.3 Å². The first kappa shape index (κ1) is 17.5. The molecule has 1 heterocycles. The van der Waals surface area contributed by atoms with E-state index < -0.39 is 0 Å². The standard InChI is InChI=1S/C18H24N2O2S/c1-3-15(12-21)20-18(22)10-14-5-7-16(8-6-14)19-11-17-9-4-13(2)23-17/h4-9,15,19,21H,3,10-12H2,1-2H3,(H,20,22)/t15-/m0/s1. The Morgan fingerprint density at radius 3 is 2.52 bits per heavy atom. The molecule has 0 aliphatic rings. The monoisotopic (exact) mass is 332 g/mol. The van der Waals surface area contributed by atoms with Crippen LogP contribution in [0.4, 0.5) is 5.69 Å². The predicted octanol–water partition coefficient (Wildman–Crippen LogP) is 3.10. The first-order chi connectivity index (χ1) is 11.1. The van der Waals surface area contributed by atoms with Gasteiger partial charge in [-0.05, 0) is 43.2 Å². The third kappa shape index (κ3) is 5.69. The van der Waals surface area contributed by atoms with E-state index in [2.05, 4.69) is 29.7 Å². The lowest BCUT2D eigenvalue weighted by molar-refractivity contribution is -0.121. The van der Waals surface area contributed by atoms with Gasteiger partial charge in [0.1, 0.15) is 0 Å². The molecule has 4 nitrogen and oxygen atoms in total. The van der Waals surface area contributed by atoms with E-state index in [0.717, 1.165) is 24.2 Å². The number of amides is 1. The smallest absolute Gasteiger partial charge is 0.224 e. The third-order valence-electron chi connectivity index (χ3n) is 3.66. The van der Waals surface area contributed by atoms with Gasteiger partial charge in [0.2, 0.25) is 5.91 Å². The number of hydrogen-bond donors (Lipinski definition) is 3. The molecule has 1 aromatic heterocycles. The highest BCUT2D eigenvalue weighted by atomic mass is 32.1. The van der Waals surface area contributed by atoms with Crippen molar-refractivity contribution in [1.82, 2.24) is 5.32 Å². The topological polar surface area (TPSA) is 61.4 Å². The summed E-state index contributed by atoms with van der Waals surface area (Å²) in [5, 5.41) is 15.3. The minimum atomic E-state index is -0.155. The van der Waals surface area contributed by atoms with E-state index in [9.17, 15) is 4.79 Å². The number of nitrogens with one attached hydrogen (secondary N) is 2. The molecule has 0 saturated heterocycles. The number of hydrogen-bond acceptors (Lipinski definition) is 4. The molecule has 1 aromatic carbocycles. The van der Waals surface area contributed by atoms with Crippen LogP contribution < -0.4 is 10.6 Å². The van der Waals surface area contributed by atoms with E-state index in [-0.39, 0.29) is 18.6 Å². The molecule has 124 valence electrons. The van der Waals surface area contributed by atoms with Gasteiger partial charge < -0.3 is 15.7 Å². The van der Waals surface area contributed by atoms with E-state index in [0.29, 0.717) is 6.42 Å². The number of aryl methyl sites for hydroxylation is 1. The largest absolute Gasteiger partial charge is 0.394 e. The molecule has 1 atom stereocenters. The fourth-order valence-corrected chi connectivity index (χ4v) is 3.08. The molecule has 0 bridgehead atoms. The first-order valence-corrected chi connectivity index (χ1v) is 8.70. The maximum absolute atomic E-state index is 11.9. The van der Waals surface area contributed by atoms with Crippen molar-refractivity contribution in [3.05, 3.63) is 51.7 Å². The number of aliphatic hydroxyl groups is 1. The lowest BCUT2D eigenvalue weighted by atomic mass is 10.1. The van der Waals surface area contributed by atoms with Gasteiger partial charge in [-0.3, -0.25) is 4.79 Å². The molecule has 23 heavy (non-hydrogen) atoms. The molecule has 0 saturated carbocycles. The molecule has 0 radical (unpaired) electrons. The second-order valence-electron chi connectivity index (χ2n) is 5.59. The van der Waals surface area contributed by atoms with Gasteiger partial charge in [0.05, 0.1) is 19.1 Å². The van der Waals surface area contributed by atoms with Gasteiger partial charge in [0.15, 0.2) is 0 Å². The Morgan fingerprint density at radius 2 is 1.96 bits per heavy atom. The number of anilines is 1. The van der Waals surface area contributed by atoms with Crippen LogP contribution in [0.2, 0.25) is 0 Å². The Morgan fingerprint density at radius 1 is 1.22 bits per heavy atom. The average molecular weight is 332 g/mol. The van der Waals surface area contributed by atoms with Crippen LogP contribution in [0.25, 0.3) is 0 Å². The van der Waals surface area contributed by atoms with Crippen LogP contribution in [0.15, 0.2) is 36.4 Å². The zero-order valence-corrected chi connectivity index (χ0v) is 14.5. The van der Waals surface area contributed by atoms with E-state index in [1.165, 1.54) is 9.75 Å². The molecule has 5 heteroatoms. The van der Waals surface area contributed by atoms with Crippen molar-refractivity contribution >= 4 is 22.9 Å². The predicted molar refractivity (Wildman–Crippen MR) is 95.8 cm³/mol. The number of rotatable bonds is 8. The van der Waals surface area contributed by atoms with Gasteiger partial charge in [-0.1, -0.05) is 19.1 Å². The number of carbonyl (C=O) groups is 1. The number of benzene rings is 1. The van der Waals surface area contributed by atoms with Crippen LogP contribution in [0.1, 0.15) is 28.7 Å². The average Bonchev–Trinajstić information content (AvgIpc) is 2.97. The highest BCUT2D eigenvalue weighted by Crippen LogP contribution is 2.17. The Kier molecular flexibility index (Phi) is 6.62. The SMILES string of the molecule is CC[C@@H](CO)NC(=O)Cc1ccc(NCc2ccc(C)s2)cc1. The molecule has 3 N–H and O–H groups in total. The Bertz CT molecular complexity index is 618.